The van der Waals surface area contributed by atoms with Crippen LogP contribution in [0.5, 0.6) is 0 Å². The van der Waals surface area contributed by atoms with Crippen molar-refractivity contribution in [2.75, 3.05) is 32.8 Å². The van der Waals surface area contributed by atoms with E-state index in [-0.39, 0.29) is 6.10 Å². The second-order valence-electron chi connectivity index (χ2n) is 5.15. The number of ether oxygens (including phenoxy) is 1. The average Bonchev–Trinajstić information content (AvgIpc) is 2.59. The van der Waals surface area contributed by atoms with Crippen LogP contribution in [-0.4, -0.2) is 43.8 Å². The van der Waals surface area contributed by atoms with Crippen molar-refractivity contribution in [2.45, 2.75) is 52.1 Å². The molecule has 0 bridgehead atoms. The van der Waals surface area contributed by atoms with Crippen LogP contribution in [0.2, 0.25) is 0 Å². The summed E-state index contributed by atoms with van der Waals surface area (Å²) in [6, 6.07) is 0. The molecular formula is C14H30N2O. The van der Waals surface area contributed by atoms with E-state index in [0.717, 1.165) is 25.5 Å². The fourth-order valence-corrected chi connectivity index (χ4v) is 2.69. The van der Waals surface area contributed by atoms with E-state index >= 15 is 0 Å². The largest absolute Gasteiger partial charge is 0.377 e. The van der Waals surface area contributed by atoms with Gasteiger partial charge in [0.1, 0.15) is 0 Å². The molecule has 2 atom stereocenters. The maximum absolute atomic E-state index is 5.71. The fraction of sp³-hybridized carbons (Fsp3) is 1.00. The van der Waals surface area contributed by atoms with Crippen LogP contribution in [0, 0.1) is 5.92 Å². The standard InChI is InChI=1S/C14H30N2O/c1-3-13-6-5-9-16(10-7-13)11-8-14(12-15)17-4-2/h13-14H,3-12,15H2,1-2H3. The van der Waals surface area contributed by atoms with Crippen molar-refractivity contribution in [1.82, 2.24) is 4.90 Å². The normalized spacial score (nSPS) is 24.5. The molecule has 2 N–H and O–H groups in total. The lowest BCUT2D eigenvalue weighted by Gasteiger charge is -2.23. The van der Waals surface area contributed by atoms with E-state index in [1.54, 1.807) is 0 Å². The Kier molecular flexibility index (Phi) is 7.82. The Bertz CT molecular complexity index is 187. The summed E-state index contributed by atoms with van der Waals surface area (Å²) < 4.78 is 5.60. The fourth-order valence-electron chi connectivity index (χ4n) is 2.69. The van der Waals surface area contributed by atoms with Gasteiger partial charge in [-0.1, -0.05) is 13.3 Å². The first-order valence-corrected chi connectivity index (χ1v) is 7.34. The Morgan fingerprint density at radius 1 is 1.29 bits per heavy atom. The molecule has 0 aromatic carbocycles. The molecule has 0 aromatic heterocycles. The lowest BCUT2D eigenvalue weighted by molar-refractivity contribution is 0.0545. The minimum atomic E-state index is 0.255. The summed E-state index contributed by atoms with van der Waals surface area (Å²) in [6.45, 7) is 9.47. The molecule has 0 aliphatic carbocycles. The molecule has 1 heterocycles. The van der Waals surface area contributed by atoms with E-state index in [1.807, 2.05) is 6.92 Å². The molecule has 0 radical (unpaired) electrons. The van der Waals surface area contributed by atoms with E-state index in [9.17, 15) is 0 Å². The molecule has 0 spiro atoms. The second-order valence-corrected chi connectivity index (χ2v) is 5.15. The van der Waals surface area contributed by atoms with E-state index in [4.69, 9.17) is 10.5 Å². The highest BCUT2D eigenvalue weighted by atomic mass is 16.5. The van der Waals surface area contributed by atoms with Crippen LogP contribution in [0.1, 0.15) is 46.0 Å². The zero-order valence-corrected chi connectivity index (χ0v) is 11.7. The molecule has 0 saturated carbocycles. The van der Waals surface area contributed by atoms with E-state index in [1.165, 1.54) is 38.8 Å². The number of likely N-dealkylation sites (tertiary alicyclic amines) is 1. The van der Waals surface area contributed by atoms with Crippen LogP contribution < -0.4 is 5.73 Å². The number of nitrogens with zero attached hydrogens (tertiary/aromatic N) is 1. The first-order chi connectivity index (χ1) is 8.30. The van der Waals surface area contributed by atoms with Crippen molar-refractivity contribution in [3.8, 4) is 0 Å². The Balaban J connectivity index is 2.22. The van der Waals surface area contributed by atoms with Crippen LogP contribution in [0.15, 0.2) is 0 Å². The molecule has 1 fully saturated rings. The Morgan fingerprint density at radius 3 is 2.76 bits per heavy atom. The van der Waals surface area contributed by atoms with E-state index in [0.29, 0.717) is 6.54 Å². The van der Waals surface area contributed by atoms with Crippen molar-refractivity contribution < 1.29 is 4.74 Å². The molecule has 1 aliphatic heterocycles. The molecule has 1 aliphatic rings. The zero-order valence-electron chi connectivity index (χ0n) is 11.7. The predicted octanol–water partition coefficient (Wildman–Crippen LogP) is 2.25. The molecule has 2 unspecified atom stereocenters. The number of hydrogen-bond acceptors (Lipinski definition) is 3. The average molecular weight is 242 g/mol. The van der Waals surface area contributed by atoms with Crippen LogP contribution in [0.3, 0.4) is 0 Å². The maximum Gasteiger partial charge on any atom is 0.0709 e. The molecule has 0 amide bonds. The van der Waals surface area contributed by atoms with E-state index < -0.39 is 0 Å². The summed E-state index contributed by atoms with van der Waals surface area (Å²) in [4.78, 5) is 2.59. The first-order valence-electron chi connectivity index (χ1n) is 7.34. The topological polar surface area (TPSA) is 38.5 Å². The zero-order chi connectivity index (χ0) is 12.5. The monoisotopic (exact) mass is 242 g/mol. The number of nitrogens with two attached hydrogens (primary N) is 1. The first kappa shape index (κ1) is 14.9. The van der Waals surface area contributed by atoms with Gasteiger partial charge in [0.05, 0.1) is 6.10 Å². The molecule has 0 aromatic rings. The molecule has 17 heavy (non-hydrogen) atoms. The predicted molar refractivity (Wildman–Crippen MR) is 73.2 cm³/mol. The summed E-state index contributed by atoms with van der Waals surface area (Å²) in [6.07, 6.45) is 6.84. The highest BCUT2D eigenvalue weighted by Gasteiger charge is 2.16. The molecule has 3 heteroatoms. The molecule has 102 valence electrons. The van der Waals surface area contributed by atoms with Crippen molar-refractivity contribution in [2.24, 2.45) is 11.7 Å². The van der Waals surface area contributed by atoms with Crippen LogP contribution >= 0.6 is 0 Å². The Hall–Kier alpha value is -0.120. The highest BCUT2D eigenvalue weighted by Crippen LogP contribution is 2.20. The summed E-state index contributed by atoms with van der Waals surface area (Å²) in [5.74, 6) is 0.956. The third-order valence-corrected chi connectivity index (χ3v) is 3.95. The molecular weight excluding hydrogens is 212 g/mol. The van der Waals surface area contributed by atoms with Gasteiger partial charge in [0.25, 0.3) is 0 Å². The molecule has 1 rings (SSSR count). The minimum Gasteiger partial charge on any atom is -0.377 e. The van der Waals surface area contributed by atoms with Gasteiger partial charge in [-0.15, -0.1) is 0 Å². The van der Waals surface area contributed by atoms with Crippen LogP contribution in [0.4, 0.5) is 0 Å². The molecule has 1 saturated heterocycles. The van der Waals surface area contributed by atoms with Crippen molar-refractivity contribution >= 4 is 0 Å². The van der Waals surface area contributed by atoms with Crippen molar-refractivity contribution in [3.63, 3.8) is 0 Å². The van der Waals surface area contributed by atoms with E-state index in [2.05, 4.69) is 11.8 Å². The summed E-state index contributed by atoms with van der Waals surface area (Å²) >= 11 is 0. The van der Waals surface area contributed by atoms with Gasteiger partial charge in [0, 0.05) is 19.7 Å². The van der Waals surface area contributed by atoms with Crippen LogP contribution in [0.25, 0.3) is 0 Å². The third kappa shape index (κ3) is 5.84. The van der Waals surface area contributed by atoms with Gasteiger partial charge in [-0.25, -0.2) is 0 Å². The maximum atomic E-state index is 5.71. The van der Waals surface area contributed by atoms with Gasteiger partial charge < -0.3 is 15.4 Å². The third-order valence-electron chi connectivity index (χ3n) is 3.95. The highest BCUT2D eigenvalue weighted by molar-refractivity contribution is 4.71. The van der Waals surface area contributed by atoms with Crippen molar-refractivity contribution in [3.05, 3.63) is 0 Å². The van der Waals surface area contributed by atoms with Gasteiger partial charge in [0.15, 0.2) is 0 Å². The van der Waals surface area contributed by atoms with Gasteiger partial charge in [-0.3, -0.25) is 0 Å². The van der Waals surface area contributed by atoms with Gasteiger partial charge in [0.2, 0.25) is 0 Å². The minimum absolute atomic E-state index is 0.255. The summed E-state index contributed by atoms with van der Waals surface area (Å²) in [5.41, 5.74) is 5.71. The Morgan fingerprint density at radius 2 is 2.12 bits per heavy atom. The summed E-state index contributed by atoms with van der Waals surface area (Å²) in [5, 5.41) is 0. The number of hydrogen-bond donors (Lipinski definition) is 1. The van der Waals surface area contributed by atoms with Crippen molar-refractivity contribution in [1.29, 1.82) is 0 Å². The SMILES string of the molecule is CCOC(CN)CCN1CCCC(CC)CC1. The number of rotatable bonds is 7. The Labute approximate surface area is 107 Å². The second kappa shape index (κ2) is 8.90. The van der Waals surface area contributed by atoms with Gasteiger partial charge in [-0.2, -0.15) is 0 Å². The summed E-state index contributed by atoms with van der Waals surface area (Å²) in [7, 11) is 0. The van der Waals surface area contributed by atoms with Gasteiger partial charge >= 0.3 is 0 Å². The van der Waals surface area contributed by atoms with Crippen LogP contribution in [-0.2, 0) is 4.74 Å². The lowest BCUT2D eigenvalue weighted by Crippen LogP contribution is -2.32. The van der Waals surface area contributed by atoms with Gasteiger partial charge in [-0.05, 0) is 51.6 Å². The molecule has 3 nitrogen and oxygen atoms in total. The smallest absolute Gasteiger partial charge is 0.0709 e. The quantitative estimate of drug-likeness (QED) is 0.744. The lowest BCUT2D eigenvalue weighted by atomic mass is 9.98.